The van der Waals surface area contributed by atoms with E-state index >= 15 is 0 Å². The van der Waals surface area contributed by atoms with E-state index in [1.165, 1.54) is 12.8 Å². The molecule has 1 fully saturated rings. The average molecular weight is 205 g/mol. The predicted molar refractivity (Wildman–Crippen MR) is 64.3 cm³/mol. The van der Waals surface area contributed by atoms with Crippen molar-refractivity contribution in [2.24, 2.45) is 16.7 Å². The number of rotatable bonds is 1. The van der Waals surface area contributed by atoms with E-state index < -0.39 is 0 Å². The molecular formula is C14H23N. The van der Waals surface area contributed by atoms with Gasteiger partial charge in [0.05, 0.1) is 11.5 Å². The summed E-state index contributed by atoms with van der Waals surface area (Å²) in [4.78, 5) is 0. The fourth-order valence-electron chi connectivity index (χ4n) is 2.61. The van der Waals surface area contributed by atoms with Crippen molar-refractivity contribution in [2.45, 2.75) is 53.4 Å². The Morgan fingerprint density at radius 3 is 2.07 bits per heavy atom. The van der Waals surface area contributed by atoms with Gasteiger partial charge in [0.2, 0.25) is 0 Å². The molecule has 84 valence electrons. The first-order valence-electron chi connectivity index (χ1n) is 5.89. The summed E-state index contributed by atoms with van der Waals surface area (Å²) in [6.45, 7) is 12.9. The second-order valence-corrected chi connectivity index (χ2v) is 6.11. The number of hydrogen-bond acceptors (Lipinski definition) is 1. The van der Waals surface area contributed by atoms with E-state index in [0.717, 1.165) is 24.3 Å². The molecule has 1 saturated carbocycles. The van der Waals surface area contributed by atoms with Gasteiger partial charge in [0.15, 0.2) is 0 Å². The minimum atomic E-state index is -0.220. The third-order valence-corrected chi connectivity index (χ3v) is 4.09. The van der Waals surface area contributed by atoms with Crippen molar-refractivity contribution in [3.05, 3.63) is 12.2 Å². The van der Waals surface area contributed by atoms with Crippen LogP contribution in [0.15, 0.2) is 12.2 Å². The molecule has 1 aliphatic rings. The van der Waals surface area contributed by atoms with E-state index in [0.29, 0.717) is 5.41 Å². The van der Waals surface area contributed by atoms with Gasteiger partial charge in [0.1, 0.15) is 0 Å². The Labute approximate surface area is 94.2 Å². The van der Waals surface area contributed by atoms with Crippen LogP contribution in [0.5, 0.6) is 0 Å². The lowest BCUT2D eigenvalue weighted by Gasteiger charge is -2.41. The van der Waals surface area contributed by atoms with Crippen LogP contribution in [0.4, 0.5) is 0 Å². The molecule has 0 amide bonds. The zero-order valence-corrected chi connectivity index (χ0v) is 10.6. The van der Waals surface area contributed by atoms with Crippen LogP contribution in [0.25, 0.3) is 0 Å². The van der Waals surface area contributed by atoms with E-state index in [2.05, 4.69) is 33.4 Å². The molecule has 0 bridgehead atoms. The minimum Gasteiger partial charge on any atom is -0.197 e. The summed E-state index contributed by atoms with van der Waals surface area (Å²) in [5, 5.41) is 9.29. The van der Waals surface area contributed by atoms with Crippen LogP contribution in [-0.2, 0) is 0 Å². The summed E-state index contributed by atoms with van der Waals surface area (Å²) in [5.74, 6) is 0.762. The standard InChI is InChI=1S/C14H23N/c1-11(2)14(10-15)8-6-12(7-9-14)13(3,4)5/h12H,1,6-9H2,2-5H3. The van der Waals surface area contributed by atoms with Crippen molar-refractivity contribution in [1.29, 1.82) is 5.26 Å². The van der Waals surface area contributed by atoms with E-state index in [1.807, 2.05) is 6.92 Å². The Bertz CT molecular complexity index is 279. The second kappa shape index (κ2) is 4.00. The predicted octanol–water partition coefficient (Wildman–Crippen LogP) is 4.31. The maximum Gasteiger partial charge on any atom is 0.0777 e. The van der Waals surface area contributed by atoms with Gasteiger partial charge in [-0.2, -0.15) is 5.26 Å². The highest BCUT2D eigenvalue weighted by Crippen LogP contribution is 2.47. The van der Waals surface area contributed by atoms with Crippen LogP contribution in [0.1, 0.15) is 53.4 Å². The monoisotopic (exact) mass is 205 g/mol. The van der Waals surface area contributed by atoms with Crippen molar-refractivity contribution in [3.63, 3.8) is 0 Å². The van der Waals surface area contributed by atoms with Crippen molar-refractivity contribution >= 4 is 0 Å². The van der Waals surface area contributed by atoms with Gasteiger partial charge >= 0.3 is 0 Å². The Kier molecular flexibility index (Phi) is 3.28. The first-order chi connectivity index (χ1) is 6.82. The first kappa shape index (κ1) is 12.3. The SMILES string of the molecule is C=C(C)C1(C#N)CCC(C(C)(C)C)CC1. The van der Waals surface area contributed by atoms with Crippen LogP contribution < -0.4 is 0 Å². The van der Waals surface area contributed by atoms with Gasteiger partial charge in [-0.05, 0) is 43.9 Å². The summed E-state index contributed by atoms with van der Waals surface area (Å²) in [6, 6.07) is 2.49. The normalized spacial score (nSPS) is 32.1. The van der Waals surface area contributed by atoms with Crippen molar-refractivity contribution < 1.29 is 0 Å². The van der Waals surface area contributed by atoms with Gasteiger partial charge in [-0.25, -0.2) is 0 Å². The Hall–Kier alpha value is -0.770. The van der Waals surface area contributed by atoms with E-state index in [9.17, 15) is 5.26 Å². The fourth-order valence-corrected chi connectivity index (χ4v) is 2.61. The zero-order valence-electron chi connectivity index (χ0n) is 10.6. The van der Waals surface area contributed by atoms with Crippen molar-refractivity contribution in [2.75, 3.05) is 0 Å². The number of allylic oxidation sites excluding steroid dienone is 1. The molecule has 1 rings (SSSR count). The van der Waals surface area contributed by atoms with E-state index in [1.54, 1.807) is 0 Å². The lowest BCUT2D eigenvalue weighted by atomic mass is 9.62. The Morgan fingerprint density at radius 2 is 1.80 bits per heavy atom. The minimum absolute atomic E-state index is 0.220. The maximum absolute atomic E-state index is 9.29. The smallest absolute Gasteiger partial charge is 0.0777 e. The van der Waals surface area contributed by atoms with Crippen molar-refractivity contribution in [1.82, 2.24) is 0 Å². The molecule has 0 atom stereocenters. The van der Waals surface area contributed by atoms with Gasteiger partial charge < -0.3 is 0 Å². The summed E-state index contributed by atoms with van der Waals surface area (Å²) in [6.07, 6.45) is 4.34. The highest BCUT2D eigenvalue weighted by atomic mass is 14.4. The van der Waals surface area contributed by atoms with Crippen LogP contribution >= 0.6 is 0 Å². The molecule has 0 saturated heterocycles. The lowest BCUT2D eigenvalue weighted by Crippen LogP contribution is -2.32. The van der Waals surface area contributed by atoms with Gasteiger partial charge in [-0.1, -0.05) is 32.9 Å². The van der Waals surface area contributed by atoms with E-state index in [-0.39, 0.29) is 5.41 Å². The highest BCUT2D eigenvalue weighted by molar-refractivity contribution is 5.20. The average Bonchev–Trinajstić information content (AvgIpc) is 2.16. The third kappa shape index (κ3) is 2.43. The molecular weight excluding hydrogens is 182 g/mol. The second-order valence-electron chi connectivity index (χ2n) is 6.11. The Morgan fingerprint density at radius 1 is 1.33 bits per heavy atom. The quantitative estimate of drug-likeness (QED) is 0.585. The van der Waals surface area contributed by atoms with Gasteiger partial charge in [0, 0.05) is 0 Å². The Balaban J connectivity index is 2.71. The molecule has 0 unspecified atom stereocenters. The molecule has 1 nitrogen and oxygen atoms in total. The van der Waals surface area contributed by atoms with Gasteiger partial charge in [-0.3, -0.25) is 0 Å². The molecule has 0 aromatic rings. The molecule has 0 spiro atoms. The van der Waals surface area contributed by atoms with Gasteiger partial charge in [0.25, 0.3) is 0 Å². The summed E-state index contributed by atoms with van der Waals surface area (Å²) < 4.78 is 0. The summed E-state index contributed by atoms with van der Waals surface area (Å²) >= 11 is 0. The molecule has 15 heavy (non-hydrogen) atoms. The third-order valence-electron chi connectivity index (χ3n) is 4.09. The molecule has 0 heterocycles. The van der Waals surface area contributed by atoms with E-state index in [4.69, 9.17) is 0 Å². The first-order valence-corrected chi connectivity index (χ1v) is 5.89. The summed E-state index contributed by atoms with van der Waals surface area (Å²) in [7, 11) is 0. The van der Waals surface area contributed by atoms with Crippen LogP contribution in [0.3, 0.4) is 0 Å². The molecule has 0 aromatic carbocycles. The molecule has 1 heteroatoms. The largest absolute Gasteiger partial charge is 0.197 e. The molecule has 0 aromatic heterocycles. The van der Waals surface area contributed by atoms with Crippen molar-refractivity contribution in [3.8, 4) is 6.07 Å². The summed E-state index contributed by atoms with van der Waals surface area (Å²) in [5.41, 5.74) is 1.22. The van der Waals surface area contributed by atoms with Crippen LogP contribution in [-0.4, -0.2) is 0 Å². The topological polar surface area (TPSA) is 23.8 Å². The van der Waals surface area contributed by atoms with Crippen LogP contribution in [0, 0.1) is 28.1 Å². The van der Waals surface area contributed by atoms with Gasteiger partial charge in [-0.15, -0.1) is 0 Å². The zero-order chi connectivity index (χ0) is 11.7. The maximum atomic E-state index is 9.29. The number of hydrogen-bond donors (Lipinski definition) is 0. The molecule has 0 N–H and O–H groups in total. The number of nitriles is 1. The van der Waals surface area contributed by atoms with Crippen LogP contribution in [0.2, 0.25) is 0 Å². The molecule has 0 radical (unpaired) electrons. The number of nitrogens with zero attached hydrogens (tertiary/aromatic N) is 1. The highest BCUT2D eigenvalue weighted by Gasteiger charge is 2.39. The molecule has 0 aliphatic heterocycles. The lowest BCUT2D eigenvalue weighted by molar-refractivity contribution is 0.137. The molecule has 1 aliphatic carbocycles. The fraction of sp³-hybridized carbons (Fsp3) is 0.786.